The molecule has 0 radical (unpaired) electrons. The molecule has 1 aliphatic heterocycles. The van der Waals surface area contributed by atoms with Crippen molar-refractivity contribution in [1.82, 2.24) is 9.88 Å². The lowest BCUT2D eigenvalue weighted by Crippen LogP contribution is -2.43. The number of carbonyl (C=O) groups is 1. The molecule has 2 rings (SSSR count). The van der Waals surface area contributed by atoms with E-state index in [1.165, 1.54) is 0 Å². The van der Waals surface area contributed by atoms with Crippen molar-refractivity contribution >= 4 is 23.3 Å². The third-order valence-electron chi connectivity index (χ3n) is 3.72. The second-order valence-electron chi connectivity index (χ2n) is 5.21. The molecule has 6 heteroatoms. The molecule has 1 aromatic heterocycles. The van der Waals surface area contributed by atoms with Crippen molar-refractivity contribution in [3.05, 3.63) is 22.8 Å². The second kappa shape index (κ2) is 6.41. The number of anilines is 1. The number of nitrogens with zero attached hydrogens (tertiary/aromatic N) is 2. The van der Waals surface area contributed by atoms with E-state index < -0.39 is 0 Å². The average molecular weight is 298 g/mol. The molecule has 1 aliphatic rings. The first kappa shape index (κ1) is 15.1. The van der Waals surface area contributed by atoms with Gasteiger partial charge in [0.2, 0.25) is 0 Å². The number of likely N-dealkylation sites (tertiary alicyclic amines) is 1. The first-order valence-electron chi connectivity index (χ1n) is 6.84. The minimum absolute atomic E-state index is 0.0591. The van der Waals surface area contributed by atoms with Gasteiger partial charge < -0.3 is 15.3 Å². The Morgan fingerprint density at radius 3 is 3.00 bits per heavy atom. The molecular weight excluding hydrogens is 278 g/mol. The van der Waals surface area contributed by atoms with Gasteiger partial charge in [-0.05, 0) is 31.9 Å². The topological polar surface area (TPSA) is 65.5 Å². The van der Waals surface area contributed by atoms with Crippen molar-refractivity contribution in [1.29, 1.82) is 0 Å². The van der Waals surface area contributed by atoms with Crippen LogP contribution in [0.25, 0.3) is 0 Å². The number of hydrogen-bond acceptors (Lipinski definition) is 4. The van der Waals surface area contributed by atoms with Crippen molar-refractivity contribution in [2.45, 2.75) is 25.9 Å². The van der Waals surface area contributed by atoms with E-state index in [2.05, 4.69) is 10.3 Å². The van der Waals surface area contributed by atoms with Crippen LogP contribution in [0.5, 0.6) is 0 Å². The fourth-order valence-corrected chi connectivity index (χ4v) is 2.73. The van der Waals surface area contributed by atoms with Crippen molar-refractivity contribution < 1.29 is 9.90 Å². The lowest BCUT2D eigenvalue weighted by Gasteiger charge is -2.34. The number of nitrogens with one attached hydrogen (secondary N) is 1. The van der Waals surface area contributed by atoms with Crippen molar-refractivity contribution in [3.8, 4) is 0 Å². The summed E-state index contributed by atoms with van der Waals surface area (Å²) in [6.07, 6.45) is 1.48. The van der Waals surface area contributed by atoms with Crippen LogP contribution in [0.2, 0.25) is 5.15 Å². The summed E-state index contributed by atoms with van der Waals surface area (Å²) in [4.78, 5) is 18.4. The average Bonchev–Trinajstić information content (AvgIpc) is 2.45. The lowest BCUT2D eigenvalue weighted by atomic mass is 9.93. The summed E-state index contributed by atoms with van der Waals surface area (Å²) >= 11 is 5.93. The highest BCUT2D eigenvalue weighted by molar-refractivity contribution is 6.29. The predicted molar refractivity (Wildman–Crippen MR) is 79.1 cm³/mol. The molecule has 0 bridgehead atoms. The normalized spacial score (nSPS) is 20.6. The molecule has 20 heavy (non-hydrogen) atoms. The third-order valence-corrected chi connectivity index (χ3v) is 3.92. The summed E-state index contributed by atoms with van der Waals surface area (Å²) in [5.74, 6) is 0.662. The quantitative estimate of drug-likeness (QED) is 0.838. The molecule has 1 fully saturated rings. The van der Waals surface area contributed by atoms with Crippen LogP contribution >= 0.6 is 11.6 Å². The zero-order valence-electron chi connectivity index (χ0n) is 11.8. The Hall–Kier alpha value is -1.33. The summed E-state index contributed by atoms with van der Waals surface area (Å²) < 4.78 is 0. The van der Waals surface area contributed by atoms with Gasteiger partial charge in [-0.15, -0.1) is 0 Å². The number of pyridine rings is 1. The molecule has 2 N–H and O–H groups in total. The van der Waals surface area contributed by atoms with Crippen LogP contribution in [0.15, 0.2) is 12.1 Å². The van der Waals surface area contributed by atoms with E-state index in [0.717, 1.165) is 19.4 Å². The van der Waals surface area contributed by atoms with Crippen LogP contribution in [0.4, 0.5) is 5.82 Å². The van der Waals surface area contributed by atoms with Crippen molar-refractivity contribution in [2.75, 3.05) is 25.5 Å². The zero-order chi connectivity index (χ0) is 14.7. The largest absolute Gasteiger partial charge is 0.393 e. The molecule has 110 valence electrons. The minimum atomic E-state index is -0.389. The van der Waals surface area contributed by atoms with Gasteiger partial charge in [-0.1, -0.05) is 11.6 Å². The molecule has 5 nitrogen and oxygen atoms in total. The molecule has 2 atom stereocenters. The van der Waals surface area contributed by atoms with E-state index in [9.17, 15) is 9.90 Å². The van der Waals surface area contributed by atoms with Gasteiger partial charge in [0.1, 0.15) is 11.0 Å². The molecule has 2 heterocycles. The molecule has 0 saturated carbocycles. The SMILES string of the molecule is CNc1cc(C(=O)N2CCCC(C(C)O)C2)cc(Cl)n1. The van der Waals surface area contributed by atoms with E-state index in [1.54, 1.807) is 31.0 Å². The van der Waals surface area contributed by atoms with Gasteiger partial charge in [0.25, 0.3) is 5.91 Å². The number of carbonyl (C=O) groups excluding carboxylic acids is 1. The molecule has 1 aromatic rings. The number of hydrogen-bond donors (Lipinski definition) is 2. The Labute approximate surface area is 123 Å². The van der Waals surface area contributed by atoms with Crippen molar-refractivity contribution in [3.63, 3.8) is 0 Å². The highest BCUT2D eigenvalue weighted by atomic mass is 35.5. The summed E-state index contributed by atoms with van der Waals surface area (Å²) in [7, 11) is 1.73. The monoisotopic (exact) mass is 297 g/mol. The summed E-state index contributed by atoms with van der Waals surface area (Å²) in [6, 6.07) is 3.27. The number of halogens is 1. The van der Waals surface area contributed by atoms with Crippen LogP contribution in [0.1, 0.15) is 30.1 Å². The first-order valence-corrected chi connectivity index (χ1v) is 7.21. The Balaban J connectivity index is 2.16. The second-order valence-corrected chi connectivity index (χ2v) is 5.60. The van der Waals surface area contributed by atoms with Crippen LogP contribution in [0, 0.1) is 5.92 Å². The molecule has 0 spiro atoms. The van der Waals surface area contributed by atoms with E-state index in [4.69, 9.17) is 11.6 Å². The lowest BCUT2D eigenvalue weighted by molar-refractivity contribution is 0.0466. The van der Waals surface area contributed by atoms with Crippen LogP contribution in [-0.2, 0) is 0 Å². The molecule has 2 unspecified atom stereocenters. The minimum Gasteiger partial charge on any atom is -0.393 e. The van der Waals surface area contributed by atoms with Crippen LogP contribution < -0.4 is 5.32 Å². The molecule has 1 saturated heterocycles. The van der Waals surface area contributed by atoms with E-state index in [-0.39, 0.29) is 17.9 Å². The first-order chi connectivity index (χ1) is 9.51. The maximum absolute atomic E-state index is 12.5. The maximum Gasteiger partial charge on any atom is 0.254 e. The maximum atomic E-state index is 12.5. The summed E-state index contributed by atoms with van der Waals surface area (Å²) in [6.45, 7) is 3.09. The number of piperidine rings is 1. The Morgan fingerprint density at radius 2 is 2.35 bits per heavy atom. The number of rotatable bonds is 3. The number of amides is 1. The fraction of sp³-hybridized carbons (Fsp3) is 0.571. The van der Waals surface area contributed by atoms with Gasteiger partial charge in [0.15, 0.2) is 0 Å². The highest BCUT2D eigenvalue weighted by Gasteiger charge is 2.27. The third kappa shape index (κ3) is 3.41. The van der Waals surface area contributed by atoms with Gasteiger partial charge in [-0.25, -0.2) is 4.98 Å². The van der Waals surface area contributed by atoms with Gasteiger partial charge in [0, 0.05) is 31.6 Å². The highest BCUT2D eigenvalue weighted by Crippen LogP contribution is 2.23. The summed E-state index contributed by atoms with van der Waals surface area (Å²) in [5.41, 5.74) is 0.528. The molecular formula is C14H20ClN3O2. The van der Waals surface area contributed by atoms with Gasteiger partial charge >= 0.3 is 0 Å². The Kier molecular flexibility index (Phi) is 4.83. The molecule has 0 aromatic carbocycles. The molecule has 1 amide bonds. The number of aromatic nitrogens is 1. The van der Waals surface area contributed by atoms with Gasteiger partial charge in [0.05, 0.1) is 6.10 Å². The molecule has 0 aliphatic carbocycles. The van der Waals surface area contributed by atoms with Crippen LogP contribution in [0.3, 0.4) is 0 Å². The summed E-state index contributed by atoms with van der Waals surface area (Å²) in [5, 5.41) is 12.9. The van der Waals surface area contributed by atoms with E-state index in [1.807, 2.05) is 0 Å². The van der Waals surface area contributed by atoms with Crippen LogP contribution in [-0.4, -0.2) is 47.1 Å². The predicted octanol–water partition coefficient (Wildman–Crippen LogP) is 2.01. The van der Waals surface area contributed by atoms with Gasteiger partial charge in [-0.2, -0.15) is 0 Å². The zero-order valence-corrected chi connectivity index (χ0v) is 12.5. The fourth-order valence-electron chi connectivity index (χ4n) is 2.52. The van der Waals surface area contributed by atoms with E-state index >= 15 is 0 Å². The standard InChI is InChI=1S/C14H20ClN3O2/c1-9(19)10-4-3-5-18(8-10)14(20)11-6-12(15)17-13(7-11)16-2/h6-7,9-10,19H,3-5,8H2,1-2H3,(H,16,17). The Morgan fingerprint density at radius 1 is 1.60 bits per heavy atom. The Bertz CT molecular complexity index is 493. The van der Waals surface area contributed by atoms with Crippen molar-refractivity contribution in [2.24, 2.45) is 5.92 Å². The van der Waals surface area contributed by atoms with E-state index in [0.29, 0.717) is 23.1 Å². The number of aliphatic hydroxyl groups is 1. The number of aliphatic hydroxyl groups excluding tert-OH is 1. The van der Waals surface area contributed by atoms with Gasteiger partial charge in [-0.3, -0.25) is 4.79 Å². The smallest absolute Gasteiger partial charge is 0.254 e.